The van der Waals surface area contributed by atoms with Crippen LogP contribution in [0.2, 0.25) is 5.02 Å². The molecule has 0 aliphatic carbocycles. The van der Waals surface area contributed by atoms with Crippen molar-refractivity contribution < 1.29 is 4.79 Å². The molecule has 5 heteroatoms. The number of nitriles is 1. The van der Waals surface area contributed by atoms with E-state index in [0.29, 0.717) is 17.2 Å². The standard InChI is InChI=1S/C13H15ClN2OS/c1-3-13(2,9-15)16-12(17)8-18-11-6-4-10(14)5-7-11/h4-7H,3,8H2,1-2H3,(H,16,17). The van der Waals surface area contributed by atoms with Gasteiger partial charge in [-0.3, -0.25) is 4.79 Å². The zero-order chi connectivity index (χ0) is 13.6. The molecular formula is C13H15ClN2OS. The number of benzene rings is 1. The lowest BCUT2D eigenvalue weighted by molar-refractivity contribution is -0.119. The van der Waals surface area contributed by atoms with Crippen molar-refractivity contribution in [3.8, 4) is 6.07 Å². The summed E-state index contributed by atoms with van der Waals surface area (Å²) in [6, 6.07) is 9.41. The van der Waals surface area contributed by atoms with Gasteiger partial charge in [0.1, 0.15) is 5.54 Å². The highest BCUT2D eigenvalue weighted by Gasteiger charge is 2.23. The molecule has 1 N–H and O–H groups in total. The molecule has 1 aromatic carbocycles. The van der Waals surface area contributed by atoms with Crippen LogP contribution in [0.5, 0.6) is 0 Å². The first-order chi connectivity index (χ1) is 8.49. The van der Waals surface area contributed by atoms with Crippen LogP contribution < -0.4 is 5.32 Å². The van der Waals surface area contributed by atoms with Gasteiger partial charge in [0.25, 0.3) is 0 Å². The van der Waals surface area contributed by atoms with Gasteiger partial charge in [-0.05, 0) is 37.6 Å². The Bertz CT molecular complexity index is 455. The van der Waals surface area contributed by atoms with Crippen molar-refractivity contribution in [1.29, 1.82) is 5.26 Å². The van der Waals surface area contributed by atoms with E-state index in [1.807, 2.05) is 19.1 Å². The first-order valence-corrected chi connectivity index (χ1v) is 6.96. The number of nitrogens with zero attached hydrogens (tertiary/aromatic N) is 1. The Morgan fingerprint density at radius 3 is 2.61 bits per heavy atom. The normalized spacial score (nSPS) is 13.4. The van der Waals surface area contributed by atoms with Crippen LogP contribution in [0, 0.1) is 11.3 Å². The van der Waals surface area contributed by atoms with Crippen LogP contribution in [-0.2, 0) is 4.79 Å². The molecule has 1 unspecified atom stereocenters. The molecule has 0 fully saturated rings. The van der Waals surface area contributed by atoms with Gasteiger partial charge in [-0.2, -0.15) is 5.26 Å². The second kappa shape index (κ2) is 6.67. The number of carbonyl (C=O) groups excluding carboxylic acids is 1. The monoisotopic (exact) mass is 282 g/mol. The molecule has 0 aliphatic heterocycles. The summed E-state index contributed by atoms with van der Waals surface area (Å²) >= 11 is 7.19. The fourth-order valence-corrected chi connectivity index (χ4v) is 2.04. The zero-order valence-electron chi connectivity index (χ0n) is 10.4. The van der Waals surface area contributed by atoms with Crippen molar-refractivity contribution in [1.82, 2.24) is 5.32 Å². The Morgan fingerprint density at radius 2 is 2.11 bits per heavy atom. The molecule has 0 heterocycles. The maximum absolute atomic E-state index is 11.7. The maximum Gasteiger partial charge on any atom is 0.231 e. The van der Waals surface area contributed by atoms with Crippen molar-refractivity contribution in [3.05, 3.63) is 29.3 Å². The Balaban J connectivity index is 2.47. The minimum absolute atomic E-state index is 0.138. The molecule has 0 saturated carbocycles. The predicted molar refractivity (Wildman–Crippen MR) is 74.6 cm³/mol. The van der Waals surface area contributed by atoms with Gasteiger partial charge < -0.3 is 5.32 Å². The van der Waals surface area contributed by atoms with Gasteiger partial charge in [-0.25, -0.2) is 0 Å². The first kappa shape index (κ1) is 14.9. The number of rotatable bonds is 5. The topological polar surface area (TPSA) is 52.9 Å². The highest BCUT2D eigenvalue weighted by molar-refractivity contribution is 8.00. The maximum atomic E-state index is 11.7. The lowest BCUT2D eigenvalue weighted by atomic mass is 10.0. The molecule has 0 spiro atoms. The number of hydrogen-bond donors (Lipinski definition) is 1. The minimum Gasteiger partial charge on any atom is -0.337 e. The lowest BCUT2D eigenvalue weighted by Crippen LogP contribution is -2.45. The Kier molecular flexibility index (Phi) is 5.52. The van der Waals surface area contributed by atoms with Gasteiger partial charge in [0.05, 0.1) is 11.8 Å². The zero-order valence-corrected chi connectivity index (χ0v) is 11.9. The summed E-state index contributed by atoms with van der Waals surface area (Å²) in [7, 11) is 0. The second-order valence-corrected chi connectivity index (χ2v) is 5.57. The summed E-state index contributed by atoms with van der Waals surface area (Å²) in [5.74, 6) is 0.152. The van der Waals surface area contributed by atoms with Crippen molar-refractivity contribution >= 4 is 29.3 Å². The van der Waals surface area contributed by atoms with Crippen LogP contribution in [0.15, 0.2) is 29.2 Å². The van der Waals surface area contributed by atoms with Crippen LogP contribution in [0.4, 0.5) is 0 Å². The van der Waals surface area contributed by atoms with E-state index in [1.54, 1.807) is 19.1 Å². The van der Waals surface area contributed by atoms with Crippen molar-refractivity contribution in [2.75, 3.05) is 5.75 Å². The van der Waals surface area contributed by atoms with E-state index >= 15 is 0 Å². The van der Waals surface area contributed by atoms with Crippen molar-refractivity contribution in [3.63, 3.8) is 0 Å². The van der Waals surface area contributed by atoms with E-state index in [1.165, 1.54) is 11.8 Å². The van der Waals surface area contributed by atoms with Crippen LogP contribution >= 0.6 is 23.4 Å². The summed E-state index contributed by atoms with van der Waals surface area (Å²) in [6.07, 6.45) is 0.584. The van der Waals surface area contributed by atoms with Gasteiger partial charge in [0.15, 0.2) is 0 Å². The average molecular weight is 283 g/mol. The number of halogens is 1. The lowest BCUT2D eigenvalue weighted by Gasteiger charge is -2.20. The number of thioether (sulfide) groups is 1. The second-order valence-electron chi connectivity index (χ2n) is 4.09. The largest absolute Gasteiger partial charge is 0.337 e. The molecule has 1 rings (SSSR count). The molecule has 0 radical (unpaired) electrons. The summed E-state index contributed by atoms with van der Waals surface area (Å²) in [4.78, 5) is 12.7. The fourth-order valence-electron chi connectivity index (χ4n) is 1.22. The van der Waals surface area contributed by atoms with E-state index < -0.39 is 5.54 Å². The number of nitrogens with one attached hydrogen (secondary N) is 1. The molecule has 0 saturated heterocycles. The molecule has 3 nitrogen and oxygen atoms in total. The van der Waals surface area contributed by atoms with Gasteiger partial charge in [-0.1, -0.05) is 18.5 Å². The van der Waals surface area contributed by atoms with Crippen LogP contribution in [0.1, 0.15) is 20.3 Å². The van der Waals surface area contributed by atoms with Gasteiger partial charge in [-0.15, -0.1) is 11.8 Å². The summed E-state index contributed by atoms with van der Waals surface area (Å²) < 4.78 is 0. The first-order valence-electron chi connectivity index (χ1n) is 5.60. The molecule has 1 amide bonds. The number of hydrogen-bond acceptors (Lipinski definition) is 3. The van der Waals surface area contributed by atoms with Crippen molar-refractivity contribution in [2.24, 2.45) is 0 Å². The summed E-state index contributed by atoms with van der Waals surface area (Å²) in [5, 5.41) is 12.4. The smallest absolute Gasteiger partial charge is 0.231 e. The van der Waals surface area contributed by atoms with Crippen molar-refractivity contribution in [2.45, 2.75) is 30.7 Å². The molecule has 0 aliphatic rings. The van der Waals surface area contributed by atoms with Gasteiger partial charge >= 0.3 is 0 Å². The Labute approximate surface area is 117 Å². The Hall–Kier alpha value is -1.18. The molecule has 0 bridgehead atoms. The average Bonchev–Trinajstić information content (AvgIpc) is 2.38. The molecular weight excluding hydrogens is 268 g/mol. The minimum atomic E-state index is -0.780. The highest BCUT2D eigenvalue weighted by Crippen LogP contribution is 2.20. The molecule has 1 atom stereocenters. The third-order valence-corrected chi connectivity index (χ3v) is 3.82. The van der Waals surface area contributed by atoms with Gasteiger partial charge in [0, 0.05) is 9.92 Å². The number of amides is 1. The van der Waals surface area contributed by atoms with E-state index in [-0.39, 0.29) is 5.91 Å². The molecule has 1 aromatic rings. The quantitative estimate of drug-likeness (QED) is 0.844. The van der Waals surface area contributed by atoms with Gasteiger partial charge in [0.2, 0.25) is 5.91 Å². The van der Waals surface area contributed by atoms with Crippen LogP contribution in [0.3, 0.4) is 0 Å². The van der Waals surface area contributed by atoms with Crippen LogP contribution in [-0.4, -0.2) is 17.2 Å². The van der Waals surface area contributed by atoms with E-state index in [9.17, 15) is 4.79 Å². The van der Waals surface area contributed by atoms with E-state index in [0.717, 1.165) is 4.90 Å². The summed E-state index contributed by atoms with van der Waals surface area (Å²) in [5.41, 5.74) is -0.780. The third-order valence-electron chi connectivity index (χ3n) is 2.55. The molecule has 18 heavy (non-hydrogen) atoms. The highest BCUT2D eigenvalue weighted by atomic mass is 35.5. The van der Waals surface area contributed by atoms with Crippen LogP contribution in [0.25, 0.3) is 0 Å². The van der Waals surface area contributed by atoms with E-state index in [4.69, 9.17) is 16.9 Å². The third kappa shape index (κ3) is 4.59. The molecule has 96 valence electrons. The van der Waals surface area contributed by atoms with E-state index in [2.05, 4.69) is 11.4 Å². The summed E-state index contributed by atoms with van der Waals surface area (Å²) in [6.45, 7) is 3.59. The predicted octanol–water partition coefficient (Wildman–Crippen LogP) is 3.24. The molecule has 0 aromatic heterocycles. The fraction of sp³-hybridized carbons (Fsp3) is 0.385. The Morgan fingerprint density at radius 1 is 1.50 bits per heavy atom. The number of carbonyl (C=O) groups is 1. The SMILES string of the molecule is CCC(C)(C#N)NC(=O)CSc1ccc(Cl)cc1.